The van der Waals surface area contributed by atoms with E-state index < -0.39 is 0 Å². The zero-order chi connectivity index (χ0) is 12.7. The summed E-state index contributed by atoms with van der Waals surface area (Å²) in [5.41, 5.74) is 0. The maximum Gasteiger partial charge on any atom is 0.229 e. The minimum atomic E-state index is 0.00745. The maximum absolute atomic E-state index is 12.3. The number of nitrogens with one attached hydrogen (secondary N) is 1. The van der Waals surface area contributed by atoms with E-state index in [2.05, 4.69) is 19.2 Å². The number of rotatable bonds is 7. The van der Waals surface area contributed by atoms with Gasteiger partial charge in [-0.3, -0.25) is 4.79 Å². The lowest BCUT2D eigenvalue weighted by Crippen LogP contribution is -2.46. The van der Waals surface area contributed by atoms with Crippen LogP contribution >= 0.6 is 0 Å². The molecule has 4 heteroatoms. The third kappa shape index (κ3) is 3.96. The van der Waals surface area contributed by atoms with Crippen LogP contribution < -0.4 is 5.32 Å². The van der Waals surface area contributed by atoms with Gasteiger partial charge in [-0.1, -0.05) is 13.8 Å². The van der Waals surface area contributed by atoms with E-state index in [4.69, 9.17) is 4.74 Å². The van der Waals surface area contributed by atoms with Crippen molar-refractivity contribution < 1.29 is 9.53 Å². The average molecular weight is 242 g/mol. The van der Waals surface area contributed by atoms with Crippen LogP contribution in [0.5, 0.6) is 0 Å². The molecule has 1 saturated heterocycles. The summed E-state index contributed by atoms with van der Waals surface area (Å²) in [6.07, 6.45) is 2.10. The summed E-state index contributed by atoms with van der Waals surface area (Å²) in [4.78, 5) is 14.3. The molecule has 0 radical (unpaired) electrons. The van der Waals surface area contributed by atoms with Crippen LogP contribution in [-0.2, 0) is 9.53 Å². The Kier molecular flexibility index (Phi) is 6.52. The van der Waals surface area contributed by atoms with Crippen molar-refractivity contribution in [1.82, 2.24) is 10.2 Å². The normalized spacial score (nSPS) is 23.9. The minimum Gasteiger partial charge on any atom is -0.379 e. The van der Waals surface area contributed by atoms with E-state index in [0.717, 1.165) is 32.5 Å². The van der Waals surface area contributed by atoms with Crippen LogP contribution in [0.1, 0.15) is 33.6 Å². The van der Waals surface area contributed by atoms with Crippen LogP contribution in [0.3, 0.4) is 0 Å². The molecule has 0 aliphatic carbocycles. The van der Waals surface area contributed by atoms with Crippen molar-refractivity contribution in [3.8, 4) is 0 Å². The Labute approximate surface area is 105 Å². The van der Waals surface area contributed by atoms with Gasteiger partial charge in [0.05, 0.1) is 19.1 Å². The van der Waals surface area contributed by atoms with Gasteiger partial charge in [0.15, 0.2) is 0 Å². The van der Waals surface area contributed by atoms with Gasteiger partial charge < -0.3 is 15.0 Å². The highest BCUT2D eigenvalue weighted by Crippen LogP contribution is 2.17. The molecule has 1 aliphatic heterocycles. The first kappa shape index (κ1) is 14.5. The molecule has 4 nitrogen and oxygen atoms in total. The first-order valence-electron chi connectivity index (χ1n) is 6.84. The average Bonchev–Trinajstić information content (AvgIpc) is 2.80. The fraction of sp³-hybridized carbons (Fsp3) is 0.923. The molecular formula is C13H26N2O2. The highest BCUT2D eigenvalue weighted by molar-refractivity contribution is 5.80. The smallest absolute Gasteiger partial charge is 0.229 e. The molecule has 1 amide bonds. The zero-order valence-electron chi connectivity index (χ0n) is 11.4. The van der Waals surface area contributed by atoms with Crippen molar-refractivity contribution in [2.45, 2.75) is 39.7 Å². The van der Waals surface area contributed by atoms with Crippen molar-refractivity contribution in [3.05, 3.63) is 0 Å². The number of nitrogens with zero attached hydrogens (tertiary/aromatic N) is 1. The van der Waals surface area contributed by atoms with E-state index in [1.54, 1.807) is 0 Å². The Hall–Kier alpha value is -0.610. The molecule has 1 aliphatic rings. The predicted octanol–water partition coefficient (Wildman–Crippen LogP) is 1.26. The van der Waals surface area contributed by atoms with Crippen molar-refractivity contribution in [2.75, 3.05) is 32.8 Å². The zero-order valence-corrected chi connectivity index (χ0v) is 11.4. The Bertz CT molecular complexity index is 233. The van der Waals surface area contributed by atoms with Crippen molar-refractivity contribution in [2.24, 2.45) is 5.92 Å². The number of hydrogen-bond acceptors (Lipinski definition) is 3. The van der Waals surface area contributed by atoms with Crippen molar-refractivity contribution >= 4 is 5.91 Å². The molecule has 0 aromatic rings. The van der Waals surface area contributed by atoms with Crippen LogP contribution in [0.4, 0.5) is 0 Å². The quantitative estimate of drug-likeness (QED) is 0.731. The molecule has 2 atom stereocenters. The molecule has 1 fully saturated rings. The van der Waals surface area contributed by atoms with Crippen molar-refractivity contribution in [3.63, 3.8) is 0 Å². The van der Waals surface area contributed by atoms with Gasteiger partial charge in [-0.05, 0) is 26.3 Å². The summed E-state index contributed by atoms with van der Waals surface area (Å²) in [7, 11) is 0. The number of carbonyl (C=O) groups is 1. The summed E-state index contributed by atoms with van der Waals surface area (Å²) in [6, 6.07) is 0.202. The molecular weight excluding hydrogens is 216 g/mol. The lowest BCUT2D eigenvalue weighted by molar-refractivity contribution is -0.135. The minimum absolute atomic E-state index is 0.00745. The molecule has 1 rings (SSSR count). The largest absolute Gasteiger partial charge is 0.379 e. The fourth-order valence-corrected chi connectivity index (χ4v) is 2.26. The SMILES string of the molecule is CCCNC1COCC1C(=O)N(CC)CCC. The maximum atomic E-state index is 12.3. The van der Waals surface area contributed by atoms with Crippen molar-refractivity contribution in [1.29, 1.82) is 0 Å². The van der Waals surface area contributed by atoms with Gasteiger partial charge >= 0.3 is 0 Å². The van der Waals surface area contributed by atoms with Gasteiger partial charge in [0.1, 0.15) is 0 Å². The van der Waals surface area contributed by atoms with Crippen LogP contribution in [0.25, 0.3) is 0 Å². The summed E-state index contributed by atoms with van der Waals surface area (Å²) < 4.78 is 5.45. The summed E-state index contributed by atoms with van der Waals surface area (Å²) >= 11 is 0. The van der Waals surface area contributed by atoms with E-state index in [1.165, 1.54) is 0 Å². The predicted molar refractivity (Wildman–Crippen MR) is 68.9 cm³/mol. The third-order valence-corrected chi connectivity index (χ3v) is 3.24. The van der Waals surface area contributed by atoms with E-state index in [-0.39, 0.29) is 17.9 Å². The molecule has 0 aromatic heterocycles. The van der Waals surface area contributed by atoms with E-state index in [9.17, 15) is 4.79 Å². The number of ether oxygens (including phenoxy) is 1. The molecule has 1 N–H and O–H groups in total. The molecule has 2 unspecified atom stereocenters. The number of amides is 1. The second-order valence-corrected chi connectivity index (χ2v) is 4.62. The first-order valence-corrected chi connectivity index (χ1v) is 6.84. The number of carbonyl (C=O) groups excluding carboxylic acids is 1. The first-order chi connectivity index (χ1) is 8.24. The van der Waals surface area contributed by atoms with Crippen LogP contribution in [0.2, 0.25) is 0 Å². The molecule has 1 heterocycles. The standard InChI is InChI=1S/C13H26N2O2/c1-4-7-14-12-10-17-9-11(12)13(16)15(6-3)8-5-2/h11-12,14H,4-10H2,1-3H3. The van der Waals surface area contributed by atoms with Gasteiger partial charge in [-0.15, -0.1) is 0 Å². The lowest BCUT2D eigenvalue weighted by atomic mass is 10.0. The monoisotopic (exact) mass is 242 g/mol. The Morgan fingerprint density at radius 2 is 2.06 bits per heavy atom. The topological polar surface area (TPSA) is 41.6 Å². The lowest BCUT2D eigenvalue weighted by Gasteiger charge is -2.26. The summed E-state index contributed by atoms with van der Waals surface area (Å²) in [6.45, 7) is 10.1. The second kappa shape index (κ2) is 7.67. The highest BCUT2D eigenvalue weighted by Gasteiger charge is 2.35. The molecule has 0 saturated carbocycles. The molecule has 0 aromatic carbocycles. The van der Waals surface area contributed by atoms with Gasteiger partial charge in [-0.2, -0.15) is 0 Å². The van der Waals surface area contributed by atoms with Gasteiger partial charge in [-0.25, -0.2) is 0 Å². The summed E-state index contributed by atoms with van der Waals surface area (Å²) in [5.74, 6) is 0.258. The van der Waals surface area contributed by atoms with Crippen LogP contribution in [-0.4, -0.2) is 49.7 Å². The van der Waals surface area contributed by atoms with Crippen LogP contribution in [0, 0.1) is 5.92 Å². The van der Waals surface area contributed by atoms with Gasteiger partial charge in [0, 0.05) is 19.1 Å². The van der Waals surface area contributed by atoms with Gasteiger partial charge in [0.25, 0.3) is 0 Å². The third-order valence-electron chi connectivity index (χ3n) is 3.24. The fourth-order valence-electron chi connectivity index (χ4n) is 2.26. The molecule has 100 valence electrons. The highest BCUT2D eigenvalue weighted by atomic mass is 16.5. The van der Waals surface area contributed by atoms with E-state index in [0.29, 0.717) is 13.2 Å². The number of hydrogen-bond donors (Lipinski definition) is 1. The molecule has 0 bridgehead atoms. The van der Waals surface area contributed by atoms with E-state index >= 15 is 0 Å². The van der Waals surface area contributed by atoms with Crippen LogP contribution in [0.15, 0.2) is 0 Å². The molecule has 17 heavy (non-hydrogen) atoms. The Balaban J connectivity index is 2.53. The summed E-state index contributed by atoms with van der Waals surface area (Å²) in [5, 5.41) is 3.41. The van der Waals surface area contributed by atoms with Gasteiger partial charge in [0.2, 0.25) is 5.91 Å². The Morgan fingerprint density at radius 1 is 1.29 bits per heavy atom. The van der Waals surface area contributed by atoms with E-state index in [1.807, 2.05) is 11.8 Å². The molecule has 0 spiro atoms. The second-order valence-electron chi connectivity index (χ2n) is 4.62. The Morgan fingerprint density at radius 3 is 2.65 bits per heavy atom.